The van der Waals surface area contributed by atoms with Crippen LogP contribution in [0.15, 0.2) is 37.5 Å². The molecule has 0 bridgehead atoms. The van der Waals surface area contributed by atoms with Crippen LogP contribution < -0.4 is 0 Å². The lowest BCUT2D eigenvalue weighted by Gasteiger charge is -2.31. The molecule has 3 heteroatoms. The number of hydrogen-bond acceptors (Lipinski definition) is 2. The second-order valence-electron chi connectivity index (χ2n) is 2.94. The lowest BCUT2D eigenvalue weighted by Crippen LogP contribution is -2.45. The van der Waals surface area contributed by atoms with Crippen LogP contribution in [0.5, 0.6) is 0 Å². The molecule has 70 valence electrons. The van der Waals surface area contributed by atoms with Crippen LogP contribution >= 0.6 is 0 Å². The van der Waals surface area contributed by atoms with Gasteiger partial charge in [0.1, 0.15) is 0 Å². The van der Waals surface area contributed by atoms with Gasteiger partial charge in [-0.15, -0.1) is 13.2 Å². The predicted octanol–water partition coefficient (Wildman–Crippen LogP) is 0.835. The summed E-state index contributed by atoms with van der Waals surface area (Å²) in [7, 11) is 0. The zero-order valence-electron chi connectivity index (χ0n) is 7.44. The first-order valence-corrected chi connectivity index (χ1v) is 4.09. The van der Waals surface area contributed by atoms with Crippen LogP contribution in [-0.4, -0.2) is 28.2 Å². The van der Waals surface area contributed by atoms with Gasteiger partial charge in [-0.25, -0.2) is 0 Å². The van der Waals surface area contributed by atoms with Gasteiger partial charge < -0.3 is 10.0 Å². The molecule has 1 amide bonds. The molecule has 0 aromatic heterocycles. The van der Waals surface area contributed by atoms with Gasteiger partial charge in [0, 0.05) is 19.0 Å². The normalized spacial score (nSPS) is 26.5. The Morgan fingerprint density at radius 3 is 2.77 bits per heavy atom. The van der Waals surface area contributed by atoms with Crippen molar-refractivity contribution in [1.82, 2.24) is 4.90 Å². The number of hydrogen-bond donors (Lipinski definition) is 1. The first-order valence-electron chi connectivity index (χ1n) is 4.09. The van der Waals surface area contributed by atoms with Crippen molar-refractivity contribution in [2.24, 2.45) is 0 Å². The molecule has 1 N–H and O–H groups in total. The van der Waals surface area contributed by atoms with Gasteiger partial charge in [-0.3, -0.25) is 4.79 Å². The number of carbonyl (C=O) groups is 1. The number of amides is 1. The van der Waals surface area contributed by atoms with E-state index in [1.165, 1.54) is 17.1 Å². The molecular weight excluding hydrogens is 166 g/mol. The average Bonchev–Trinajstić information content (AvgIpc) is 2.34. The maximum atomic E-state index is 11.3. The lowest BCUT2D eigenvalue weighted by molar-refractivity contribution is -0.139. The minimum atomic E-state index is -1.20. The summed E-state index contributed by atoms with van der Waals surface area (Å²) in [4.78, 5) is 12.6. The monoisotopic (exact) mass is 179 g/mol. The highest BCUT2D eigenvalue weighted by molar-refractivity contribution is 5.91. The van der Waals surface area contributed by atoms with Gasteiger partial charge in [0.25, 0.3) is 0 Å². The number of rotatable bonds is 4. The Morgan fingerprint density at radius 2 is 2.23 bits per heavy atom. The minimum absolute atomic E-state index is 0.191. The molecule has 13 heavy (non-hydrogen) atoms. The van der Waals surface area contributed by atoms with E-state index in [0.717, 1.165) is 0 Å². The fourth-order valence-electron chi connectivity index (χ4n) is 1.34. The van der Waals surface area contributed by atoms with Crippen LogP contribution in [0.3, 0.4) is 0 Å². The molecule has 1 heterocycles. The number of carbonyl (C=O) groups excluding carboxylic acids is 1. The molecule has 1 aliphatic heterocycles. The van der Waals surface area contributed by atoms with E-state index in [-0.39, 0.29) is 5.91 Å². The molecule has 0 spiro atoms. The predicted molar refractivity (Wildman–Crippen MR) is 50.8 cm³/mol. The zero-order chi connectivity index (χ0) is 9.90. The first kappa shape index (κ1) is 9.74. The maximum Gasteiger partial charge on any atom is 0.249 e. The Kier molecular flexibility index (Phi) is 2.68. The number of nitrogens with zero attached hydrogens (tertiary/aromatic N) is 1. The molecule has 0 radical (unpaired) electrons. The topological polar surface area (TPSA) is 40.5 Å². The van der Waals surface area contributed by atoms with Gasteiger partial charge in [-0.05, 0) is 6.08 Å². The summed E-state index contributed by atoms with van der Waals surface area (Å²) < 4.78 is 0. The molecule has 1 rings (SSSR count). The van der Waals surface area contributed by atoms with Crippen LogP contribution in [0, 0.1) is 0 Å². The largest absolute Gasteiger partial charge is 0.367 e. The van der Waals surface area contributed by atoms with Crippen molar-refractivity contribution in [1.29, 1.82) is 0 Å². The molecule has 0 saturated heterocycles. The van der Waals surface area contributed by atoms with Crippen molar-refractivity contribution in [3.8, 4) is 0 Å². The van der Waals surface area contributed by atoms with E-state index < -0.39 is 5.72 Å². The van der Waals surface area contributed by atoms with Crippen LogP contribution in [-0.2, 0) is 4.79 Å². The van der Waals surface area contributed by atoms with E-state index in [9.17, 15) is 9.90 Å². The van der Waals surface area contributed by atoms with Crippen molar-refractivity contribution < 1.29 is 9.90 Å². The van der Waals surface area contributed by atoms with Gasteiger partial charge >= 0.3 is 0 Å². The van der Waals surface area contributed by atoms with Crippen molar-refractivity contribution in [2.45, 2.75) is 12.1 Å². The van der Waals surface area contributed by atoms with E-state index in [1.54, 1.807) is 12.2 Å². The van der Waals surface area contributed by atoms with E-state index in [1.807, 2.05) is 0 Å². The summed E-state index contributed by atoms with van der Waals surface area (Å²) in [6.45, 7) is 7.40. The SMILES string of the molecule is C=CCN1C(=O)C=CC1(O)CC=C. The standard InChI is InChI=1S/C10H13NO2/c1-3-6-10(13)7-5-9(12)11(10)8-4-2/h3-5,7,13H,1-2,6,8H2. The van der Waals surface area contributed by atoms with Gasteiger partial charge in [0.05, 0.1) is 0 Å². The van der Waals surface area contributed by atoms with Crippen LogP contribution in [0.25, 0.3) is 0 Å². The quantitative estimate of drug-likeness (QED) is 0.649. The third-order valence-electron chi connectivity index (χ3n) is 1.98. The molecule has 0 aromatic carbocycles. The summed E-state index contributed by atoms with van der Waals surface area (Å²) >= 11 is 0. The van der Waals surface area contributed by atoms with E-state index in [0.29, 0.717) is 13.0 Å². The van der Waals surface area contributed by atoms with E-state index in [2.05, 4.69) is 13.2 Å². The summed E-state index contributed by atoms with van der Waals surface area (Å²) in [6, 6.07) is 0. The summed E-state index contributed by atoms with van der Waals surface area (Å²) in [5.41, 5.74) is -1.20. The summed E-state index contributed by atoms with van der Waals surface area (Å²) in [5.74, 6) is -0.191. The molecule has 0 aromatic rings. The van der Waals surface area contributed by atoms with Crippen molar-refractivity contribution in [3.05, 3.63) is 37.5 Å². The Bertz CT molecular complexity index is 270. The molecule has 1 atom stereocenters. The second kappa shape index (κ2) is 3.58. The van der Waals surface area contributed by atoms with Crippen molar-refractivity contribution in [3.63, 3.8) is 0 Å². The Morgan fingerprint density at radius 1 is 1.54 bits per heavy atom. The molecule has 0 fully saturated rings. The molecule has 1 unspecified atom stereocenters. The van der Waals surface area contributed by atoms with Crippen LogP contribution in [0.1, 0.15) is 6.42 Å². The highest BCUT2D eigenvalue weighted by Crippen LogP contribution is 2.24. The van der Waals surface area contributed by atoms with E-state index in [4.69, 9.17) is 0 Å². The average molecular weight is 179 g/mol. The molecule has 3 nitrogen and oxygen atoms in total. The van der Waals surface area contributed by atoms with Crippen LogP contribution in [0.4, 0.5) is 0 Å². The van der Waals surface area contributed by atoms with Crippen molar-refractivity contribution >= 4 is 5.91 Å². The maximum absolute atomic E-state index is 11.3. The van der Waals surface area contributed by atoms with Gasteiger partial charge in [-0.2, -0.15) is 0 Å². The second-order valence-corrected chi connectivity index (χ2v) is 2.94. The Balaban J connectivity index is 2.83. The minimum Gasteiger partial charge on any atom is -0.367 e. The van der Waals surface area contributed by atoms with E-state index >= 15 is 0 Å². The highest BCUT2D eigenvalue weighted by Gasteiger charge is 2.37. The molecule has 1 aliphatic rings. The summed E-state index contributed by atoms with van der Waals surface area (Å²) in [5, 5.41) is 9.95. The first-order chi connectivity index (χ1) is 6.14. The summed E-state index contributed by atoms with van der Waals surface area (Å²) in [6.07, 6.45) is 6.36. The third-order valence-corrected chi connectivity index (χ3v) is 1.98. The van der Waals surface area contributed by atoms with Gasteiger partial charge in [-0.1, -0.05) is 12.2 Å². The third kappa shape index (κ3) is 1.70. The fraction of sp³-hybridized carbons (Fsp3) is 0.300. The number of aliphatic hydroxyl groups is 1. The molecule has 0 saturated carbocycles. The van der Waals surface area contributed by atoms with Crippen molar-refractivity contribution in [2.75, 3.05) is 6.54 Å². The van der Waals surface area contributed by atoms with Gasteiger partial charge in [0.2, 0.25) is 5.91 Å². The zero-order valence-corrected chi connectivity index (χ0v) is 7.44. The van der Waals surface area contributed by atoms with Gasteiger partial charge in [0.15, 0.2) is 5.72 Å². The molecule has 0 aliphatic carbocycles. The lowest BCUT2D eigenvalue weighted by atomic mass is 10.1. The Hall–Kier alpha value is -1.35. The fourth-order valence-corrected chi connectivity index (χ4v) is 1.34. The highest BCUT2D eigenvalue weighted by atomic mass is 16.3. The Labute approximate surface area is 77.7 Å². The van der Waals surface area contributed by atoms with Crippen LogP contribution in [0.2, 0.25) is 0 Å². The smallest absolute Gasteiger partial charge is 0.249 e. The molecular formula is C10H13NO2.